The Morgan fingerprint density at radius 2 is 1.68 bits per heavy atom. The molecule has 0 aliphatic heterocycles. The maximum absolute atomic E-state index is 5.90. The van der Waals surface area contributed by atoms with Crippen molar-refractivity contribution in [3.05, 3.63) is 72.0 Å². The topological polar surface area (TPSA) is 29.9 Å². The largest absolute Gasteiger partial charge is 0.325 e. The molecule has 0 atom stereocenters. The fourth-order valence-electron chi connectivity index (χ4n) is 1.86. The quantitative estimate of drug-likeness (QED) is 0.769. The monoisotopic (exact) mass is 269 g/mol. The van der Waals surface area contributed by atoms with Crippen molar-refractivity contribution >= 4 is 23.2 Å². The number of benzene rings is 2. The first kappa shape index (κ1) is 11.8. The Balaban J connectivity index is 1.92. The molecule has 0 fully saturated rings. The van der Waals surface area contributed by atoms with Crippen LogP contribution in [-0.2, 0) is 0 Å². The van der Waals surface area contributed by atoms with Gasteiger partial charge in [0.05, 0.1) is 0 Å². The summed E-state index contributed by atoms with van der Waals surface area (Å²) in [7, 11) is 0. The number of nitrogens with one attached hydrogen (secondary N) is 1. The summed E-state index contributed by atoms with van der Waals surface area (Å²) in [6.45, 7) is 0. The second kappa shape index (κ2) is 5.16. The zero-order valence-corrected chi connectivity index (χ0v) is 10.9. The summed E-state index contributed by atoms with van der Waals surface area (Å²) in [5.74, 6) is 0.772. The maximum atomic E-state index is 5.90. The van der Waals surface area contributed by atoms with E-state index in [2.05, 4.69) is 10.3 Å². The third-order valence-electron chi connectivity index (χ3n) is 2.78. The zero-order valence-electron chi connectivity index (χ0n) is 10.1. The molecule has 1 N–H and O–H groups in total. The van der Waals surface area contributed by atoms with Crippen LogP contribution in [0.3, 0.4) is 0 Å². The third kappa shape index (κ3) is 2.61. The highest BCUT2D eigenvalue weighted by molar-refractivity contribution is 6.30. The molecule has 94 valence electrons. The van der Waals surface area contributed by atoms with Crippen molar-refractivity contribution in [1.29, 1.82) is 0 Å². The second-order valence-electron chi connectivity index (χ2n) is 4.09. The highest BCUT2D eigenvalue weighted by Crippen LogP contribution is 2.20. The van der Waals surface area contributed by atoms with E-state index in [1.54, 1.807) is 6.20 Å². The number of anilines is 2. The summed E-state index contributed by atoms with van der Waals surface area (Å²) in [6.07, 6.45) is 3.67. The molecule has 2 aromatic carbocycles. The first-order valence-electron chi connectivity index (χ1n) is 5.94. The van der Waals surface area contributed by atoms with E-state index in [-0.39, 0.29) is 0 Å². The number of nitrogens with zero attached hydrogens (tertiary/aromatic N) is 2. The molecule has 0 unspecified atom stereocenters. The molecular weight excluding hydrogens is 258 g/mol. The van der Waals surface area contributed by atoms with Crippen LogP contribution in [0.4, 0.5) is 11.6 Å². The molecule has 19 heavy (non-hydrogen) atoms. The molecule has 1 aromatic heterocycles. The van der Waals surface area contributed by atoms with E-state index < -0.39 is 0 Å². The minimum Gasteiger partial charge on any atom is -0.325 e. The Morgan fingerprint density at radius 1 is 0.947 bits per heavy atom. The van der Waals surface area contributed by atoms with Crippen molar-refractivity contribution in [1.82, 2.24) is 9.55 Å². The van der Waals surface area contributed by atoms with Gasteiger partial charge in [0.25, 0.3) is 0 Å². The SMILES string of the molecule is Clc1ccc(-n2ccnc2Nc2ccccc2)cc1. The van der Waals surface area contributed by atoms with Gasteiger partial charge in [0.1, 0.15) is 0 Å². The minimum absolute atomic E-state index is 0.724. The molecule has 1 heterocycles. The maximum Gasteiger partial charge on any atom is 0.212 e. The van der Waals surface area contributed by atoms with Gasteiger partial charge >= 0.3 is 0 Å². The molecule has 4 heteroatoms. The minimum atomic E-state index is 0.724. The fraction of sp³-hybridized carbons (Fsp3) is 0. The van der Waals surface area contributed by atoms with Crippen molar-refractivity contribution in [3.8, 4) is 5.69 Å². The predicted molar refractivity (Wildman–Crippen MR) is 78.3 cm³/mol. The molecule has 0 amide bonds. The molecule has 0 aliphatic rings. The van der Waals surface area contributed by atoms with Gasteiger partial charge in [-0.15, -0.1) is 0 Å². The molecule has 0 saturated heterocycles. The molecule has 0 radical (unpaired) electrons. The lowest BCUT2D eigenvalue weighted by Gasteiger charge is -2.09. The summed E-state index contributed by atoms with van der Waals surface area (Å²) < 4.78 is 1.98. The van der Waals surface area contributed by atoms with Gasteiger partial charge < -0.3 is 5.32 Å². The number of imidazole rings is 1. The van der Waals surface area contributed by atoms with Crippen molar-refractivity contribution in [3.63, 3.8) is 0 Å². The average molecular weight is 270 g/mol. The van der Waals surface area contributed by atoms with E-state index in [4.69, 9.17) is 11.6 Å². The number of halogens is 1. The van der Waals surface area contributed by atoms with Crippen LogP contribution < -0.4 is 5.32 Å². The van der Waals surface area contributed by atoms with Crippen LogP contribution in [0.2, 0.25) is 5.02 Å². The van der Waals surface area contributed by atoms with Crippen LogP contribution in [0.25, 0.3) is 5.69 Å². The summed E-state index contributed by atoms with van der Waals surface area (Å²) in [4.78, 5) is 4.33. The van der Waals surface area contributed by atoms with E-state index in [9.17, 15) is 0 Å². The summed E-state index contributed by atoms with van der Waals surface area (Å²) in [6, 6.07) is 17.6. The second-order valence-corrected chi connectivity index (χ2v) is 4.52. The molecule has 3 rings (SSSR count). The molecule has 0 saturated carbocycles. The normalized spacial score (nSPS) is 10.4. The fourth-order valence-corrected chi connectivity index (χ4v) is 1.98. The summed E-state index contributed by atoms with van der Waals surface area (Å²) >= 11 is 5.90. The van der Waals surface area contributed by atoms with Crippen molar-refractivity contribution in [2.24, 2.45) is 0 Å². The molecule has 0 spiro atoms. The molecule has 3 aromatic rings. The van der Waals surface area contributed by atoms with Gasteiger partial charge in [-0.25, -0.2) is 4.98 Å². The van der Waals surface area contributed by atoms with E-state index in [0.29, 0.717) is 0 Å². The van der Waals surface area contributed by atoms with Gasteiger partial charge in [0.15, 0.2) is 0 Å². The molecule has 0 aliphatic carbocycles. The Hall–Kier alpha value is -2.26. The van der Waals surface area contributed by atoms with Crippen LogP contribution in [0.15, 0.2) is 67.0 Å². The van der Waals surface area contributed by atoms with Gasteiger partial charge in [0.2, 0.25) is 5.95 Å². The first-order valence-corrected chi connectivity index (χ1v) is 6.32. The van der Waals surface area contributed by atoms with Crippen molar-refractivity contribution in [2.45, 2.75) is 0 Å². The highest BCUT2D eigenvalue weighted by Gasteiger charge is 2.04. The Labute approximate surface area is 116 Å². The van der Waals surface area contributed by atoms with Crippen LogP contribution in [-0.4, -0.2) is 9.55 Å². The Morgan fingerprint density at radius 3 is 2.42 bits per heavy atom. The van der Waals surface area contributed by atoms with Crippen molar-refractivity contribution in [2.75, 3.05) is 5.32 Å². The van der Waals surface area contributed by atoms with E-state index in [1.807, 2.05) is 65.4 Å². The Kier molecular flexibility index (Phi) is 3.21. The van der Waals surface area contributed by atoms with Gasteiger partial charge in [-0.05, 0) is 36.4 Å². The van der Waals surface area contributed by atoms with E-state index in [0.717, 1.165) is 22.3 Å². The third-order valence-corrected chi connectivity index (χ3v) is 3.03. The zero-order chi connectivity index (χ0) is 13.1. The summed E-state index contributed by atoms with van der Waals surface area (Å²) in [5, 5.41) is 4.01. The molecular formula is C15H12ClN3. The highest BCUT2D eigenvalue weighted by atomic mass is 35.5. The lowest BCUT2D eigenvalue weighted by Crippen LogP contribution is -2.00. The average Bonchev–Trinajstić information content (AvgIpc) is 2.89. The van der Waals surface area contributed by atoms with Crippen LogP contribution in [0.5, 0.6) is 0 Å². The summed E-state index contributed by atoms with van der Waals surface area (Å²) in [5.41, 5.74) is 2.02. The van der Waals surface area contributed by atoms with Crippen LogP contribution in [0.1, 0.15) is 0 Å². The van der Waals surface area contributed by atoms with Gasteiger partial charge in [-0.3, -0.25) is 4.57 Å². The number of rotatable bonds is 3. The van der Waals surface area contributed by atoms with Gasteiger partial charge in [-0.2, -0.15) is 0 Å². The number of hydrogen-bond acceptors (Lipinski definition) is 2. The smallest absolute Gasteiger partial charge is 0.212 e. The van der Waals surface area contributed by atoms with Gasteiger partial charge in [-0.1, -0.05) is 29.8 Å². The van der Waals surface area contributed by atoms with Crippen molar-refractivity contribution < 1.29 is 0 Å². The van der Waals surface area contributed by atoms with Gasteiger partial charge in [0, 0.05) is 28.8 Å². The number of aromatic nitrogens is 2. The lowest BCUT2D eigenvalue weighted by atomic mass is 10.3. The van der Waals surface area contributed by atoms with Crippen LogP contribution >= 0.6 is 11.6 Å². The number of hydrogen-bond donors (Lipinski definition) is 1. The van der Waals surface area contributed by atoms with Crippen LogP contribution in [0, 0.1) is 0 Å². The standard InChI is InChI=1S/C15H12ClN3/c16-12-6-8-14(9-7-12)19-11-10-17-15(19)18-13-4-2-1-3-5-13/h1-11H,(H,17,18). The Bertz CT molecular complexity index is 659. The van der Waals surface area contributed by atoms with E-state index in [1.165, 1.54) is 0 Å². The predicted octanol–water partition coefficient (Wildman–Crippen LogP) is 4.27. The number of para-hydroxylation sites is 1. The molecule has 3 nitrogen and oxygen atoms in total. The lowest BCUT2D eigenvalue weighted by molar-refractivity contribution is 1.06. The first-order chi connectivity index (χ1) is 9.33. The molecule has 0 bridgehead atoms. The van der Waals surface area contributed by atoms with E-state index >= 15 is 0 Å².